The Morgan fingerprint density at radius 2 is 1.00 bits per heavy atom. The molecule has 0 saturated carbocycles. The van der Waals surface area contributed by atoms with Gasteiger partial charge in [0.1, 0.15) is 0 Å². The van der Waals surface area contributed by atoms with Gasteiger partial charge >= 0.3 is 14.2 Å². The van der Waals surface area contributed by atoms with Crippen LogP contribution in [0.1, 0.15) is 11.1 Å². The molecule has 0 N–H and O–H groups in total. The summed E-state index contributed by atoms with van der Waals surface area (Å²) >= 11 is 0. The van der Waals surface area contributed by atoms with Crippen molar-refractivity contribution in [2.24, 2.45) is 15.4 Å². The van der Waals surface area contributed by atoms with Crippen LogP contribution in [0.5, 0.6) is 0 Å². The van der Waals surface area contributed by atoms with E-state index in [1.807, 2.05) is 85.2 Å². The smallest absolute Gasteiger partial charge is 0.406 e. The molecule has 0 bridgehead atoms. The number of nitrogens with zero attached hydrogens (tertiary/aromatic N) is 4. The van der Waals surface area contributed by atoms with Crippen molar-refractivity contribution in [2.75, 3.05) is 26.4 Å². The molecule has 0 amide bonds. The Bertz CT molecular complexity index is 1330. The Balaban J connectivity index is 1.04. The van der Waals surface area contributed by atoms with Crippen molar-refractivity contribution < 1.29 is 18.6 Å². The second-order valence-corrected chi connectivity index (χ2v) is 9.68. The first-order valence-electron chi connectivity index (χ1n) is 12.8. The minimum Gasteiger partial charge on any atom is -0.406 e. The van der Waals surface area contributed by atoms with Crippen LogP contribution in [-0.2, 0) is 18.6 Å². The van der Waals surface area contributed by atoms with Crippen molar-refractivity contribution in [1.82, 2.24) is 9.97 Å². The van der Waals surface area contributed by atoms with E-state index >= 15 is 0 Å². The van der Waals surface area contributed by atoms with Gasteiger partial charge in [0.15, 0.2) is 0 Å². The van der Waals surface area contributed by atoms with Crippen LogP contribution < -0.4 is 10.9 Å². The second kappa shape index (κ2) is 11.8. The molecule has 192 valence electrons. The largest absolute Gasteiger partial charge is 0.493 e. The molecule has 2 aromatic heterocycles. The molecule has 2 aliphatic heterocycles. The van der Waals surface area contributed by atoms with Gasteiger partial charge in [0, 0.05) is 63.6 Å². The van der Waals surface area contributed by atoms with Crippen LogP contribution >= 0.6 is 0 Å². The normalized spacial score (nSPS) is 17.3. The topological polar surface area (TPSA) is 87.4 Å². The van der Waals surface area contributed by atoms with Gasteiger partial charge in [-0.1, -0.05) is 24.3 Å². The van der Waals surface area contributed by atoms with Gasteiger partial charge in [-0.15, -0.1) is 0 Å². The molecule has 0 radical (unpaired) electrons. The highest BCUT2D eigenvalue weighted by atomic mass is 16.6. The maximum atomic E-state index is 6.14. The molecule has 6 rings (SSSR count). The van der Waals surface area contributed by atoms with Crippen molar-refractivity contribution >= 4 is 49.0 Å². The number of hydrogen-bond acceptors (Lipinski definition) is 8. The molecule has 2 aromatic carbocycles. The number of benzene rings is 2. The van der Waals surface area contributed by atoms with Gasteiger partial charge in [0.2, 0.25) is 0 Å². The molecule has 0 aliphatic carbocycles. The van der Waals surface area contributed by atoms with E-state index in [-0.39, 0.29) is 5.41 Å². The van der Waals surface area contributed by atoms with Gasteiger partial charge in [-0.25, -0.2) is 0 Å². The minimum atomic E-state index is -0.459. The van der Waals surface area contributed by atoms with Crippen molar-refractivity contribution in [1.29, 1.82) is 0 Å². The fraction of sp³-hybridized carbons (Fsp3) is 0.172. The molecule has 0 unspecified atom stereocenters. The van der Waals surface area contributed by atoms with E-state index in [9.17, 15) is 0 Å². The number of hydrogen-bond donors (Lipinski definition) is 0. The predicted octanol–water partition coefficient (Wildman–Crippen LogP) is 3.15. The number of aromatic nitrogens is 2. The average molecular weight is 516 g/mol. The molecular formula is C29H26B2N4O4. The van der Waals surface area contributed by atoms with Crippen molar-refractivity contribution in [3.8, 4) is 0 Å². The minimum absolute atomic E-state index is 0.346. The maximum absolute atomic E-state index is 6.14. The molecule has 2 saturated heterocycles. The Labute approximate surface area is 228 Å². The molecule has 1 spiro atoms. The van der Waals surface area contributed by atoms with Crippen LogP contribution in [0.25, 0.3) is 0 Å². The standard InChI is InChI=1S/C29H26B2N4O4/c1-3-25(15-27(5-1)34-17-23-7-11-32-12-8-23)30-36-19-29(20-37-30)21-38-31(39-22-29)26-4-2-6-28(16-26)35-18-24-9-13-33-14-10-24/h1-18H,19-22H2. The van der Waals surface area contributed by atoms with Crippen LogP contribution in [0, 0.1) is 5.41 Å². The highest BCUT2D eigenvalue weighted by molar-refractivity contribution is 6.62. The van der Waals surface area contributed by atoms with Crippen LogP contribution in [0.3, 0.4) is 0 Å². The number of aliphatic imine (C=N–C) groups is 2. The van der Waals surface area contributed by atoms with Gasteiger partial charge < -0.3 is 18.6 Å². The van der Waals surface area contributed by atoms with Crippen LogP contribution in [0.15, 0.2) is 108 Å². The van der Waals surface area contributed by atoms with E-state index in [0.717, 1.165) is 33.4 Å². The molecule has 2 fully saturated rings. The molecule has 4 heterocycles. The van der Waals surface area contributed by atoms with Gasteiger partial charge in [-0.05, 0) is 70.6 Å². The van der Waals surface area contributed by atoms with E-state index in [1.54, 1.807) is 24.8 Å². The van der Waals surface area contributed by atoms with Gasteiger partial charge in [-0.3, -0.25) is 20.0 Å². The van der Waals surface area contributed by atoms with Crippen molar-refractivity contribution in [2.45, 2.75) is 0 Å². The van der Waals surface area contributed by atoms with E-state index in [1.165, 1.54) is 0 Å². The molecule has 39 heavy (non-hydrogen) atoms. The molecule has 8 nitrogen and oxygen atoms in total. The molecular weight excluding hydrogens is 490 g/mol. The summed E-state index contributed by atoms with van der Waals surface area (Å²) in [5, 5.41) is 0. The zero-order valence-corrected chi connectivity index (χ0v) is 21.3. The lowest BCUT2D eigenvalue weighted by molar-refractivity contribution is -0.0787. The van der Waals surface area contributed by atoms with Gasteiger partial charge in [0.25, 0.3) is 0 Å². The summed E-state index contributed by atoms with van der Waals surface area (Å²) in [6, 6.07) is 23.4. The monoisotopic (exact) mass is 516 g/mol. The third-order valence-corrected chi connectivity index (χ3v) is 6.59. The zero-order chi connectivity index (χ0) is 26.3. The fourth-order valence-corrected chi connectivity index (χ4v) is 4.44. The maximum Gasteiger partial charge on any atom is 0.493 e. The van der Waals surface area contributed by atoms with Crippen LogP contribution in [-0.4, -0.2) is 63.1 Å². The Morgan fingerprint density at radius 3 is 1.41 bits per heavy atom. The highest BCUT2D eigenvalue weighted by Crippen LogP contribution is 2.29. The van der Waals surface area contributed by atoms with Crippen LogP contribution in [0.4, 0.5) is 11.4 Å². The molecule has 10 heteroatoms. The molecule has 4 aromatic rings. The highest BCUT2D eigenvalue weighted by Gasteiger charge is 2.45. The average Bonchev–Trinajstić information content (AvgIpc) is 3.01. The van der Waals surface area contributed by atoms with Gasteiger partial charge in [-0.2, -0.15) is 0 Å². The summed E-state index contributed by atoms with van der Waals surface area (Å²) in [4.78, 5) is 17.2. The first-order valence-corrected chi connectivity index (χ1v) is 12.8. The zero-order valence-electron chi connectivity index (χ0n) is 21.3. The lowest BCUT2D eigenvalue weighted by Crippen LogP contribution is -2.58. The Kier molecular flexibility index (Phi) is 7.69. The first kappa shape index (κ1) is 25.3. The quantitative estimate of drug-likeness (QED) is 0.289. The van der Waals surface area contributed by atoms with Crippen molar-refractivity contribution in [3.63, 3.8) is 0 Å². The summed E-state index contributed by atoms with van der Waals surface area (Å²) in [5.74, 6) is 0. The van der Waals surface area contributed by atoms with E-state index < -0.39 is 14.2 Å². The SMILES string of the molecule is C(=Nc1cccc(B2OCC3(CO2)COB(c2cccc(N=Cc4ccncc4)c2)OC3)c1)c1ccncc1. The van der Waals surface area contributed by atoms with Crippen molar-refractivity contribution in [3.05, 3.63) is 109 Å². The predicted molar refractivity (Wildman–Crippen MR) is 153 cm³/mol. The van der Waals surface area contributed by atoms with E-state index in [2.05, 4.69) is 20.0 Å². The van der Waals surface area contributed by atoms with E-state index in [4.69, 9.17) is 18.6 Å². The summed E-state index contributed by atoms with van der Waals surface area (Å²) in [6.45, 7) is 1.91. The fourth-order valence-electron chi connectivity index (χ4n) is 4.44. The number of rotatable bonds is 6. The number of pyridine rings is 2. The second-order valence-electron chi connectivity index (χ2n) is 9.68. The van der Waals surface area contributed by atoms with E-state index in [0.29, 0.717) is 26.4 Å². The lowest BCUT2D eigenvalue weighted by atomic mass is 9.72. The molecule has 0 atom stereocenters. The third-order valence-electron chi connectivity index (χ3n) is 6.59. The Hall–Kier alpha value is -3.95. The summed E-state index contributed by atoms with van der Waals surface area (Å²) in [5.41, 5.74) is 5.14. The molecule has 2 aliphatic rings. The third kappa shape index (κ3) is 6.38. The van der Waals surface area contributed by atoms with Gasteiger partial charge in [0.05, 0.1) is 16.8 Å². The first-order chi connectivity index (χ1) is 19.2. The van der Waals surface area contributed by atoms with Crippen LogP contribution in [0.2, 0.25) is 0 Å². The summed E-state index contributed by atoms with van der Waals surface area (Å²) in [6.07, 6.45) is 10.6. The Morgan fingerprint density at radius 1 is 0.590 bits per heavy atom. The summed E-state index contributed by atoms with van der Waals surface area (Å²) < 4.78 is 24.6. The lowest BCUT2D eigenvalue weighted by Gasteiger charge is -2.42. The summed E-state index contributed by atoms with van der Waals surface area (Å²) in [7, 11) is -0.918.